The first-order valence-corrected chi connectivity index (χ1v) is 10.2. The van der Waals surface area contributed by atoms with Crippen molar-refractivity contribution < 1.29 is 22.7 Å². The minimum Gasteiger partial charge on any atom is -0.376 e. The third-order valence-corrected chi connectivity index (χ3v) is 6.17. The molecule has 0 aromatic carbocycles. The highest BCUT2D eigenvalue weighted by atomic mass is 19.4. The van der Waals surface area contributed by atoms with Crippen LogP contribution in [-0.2, 0) is 23.9 Å². The number of nitrogens with zero attached hydrogens (tertiary/aromatic N) is 6. The molecule has 166 valence electrons. The number of hydrogen-bond donors (Lipinski definition) is 0. The second-order valence-corrected chi connectivity index (χ2v) is 7.98. The minimum absolute atomic E-state index is 0.0412. The van der Waals surface area contributed by atoms with Crippen LogP contribution in [0.4, 0.5) is 18.0 Å². The van der Waals surface area contributed by atoms with Gasteiger partial charge in [0.05, 0.1) is 18.9 Å². The molecule has 6 rings (SSSR count). The molecular weight excluding hydrogens is 417 g/mol. The summed E-state index contributed by atoms with van der Waals surface area (Å²) in [7, 11) is 0. The molecule has 0 N–H and O–H groups in total. The molecule has 0 spiro atoms. The van der Waals surface area contributed by atoms with E-state index in [0.29, 0.717) is 41.6 Å². The molecule has 4 aliphatic rings. The number of fused-ring (bicyclic) bond motifs is 5. The molecule has 0 aliphatic carbocycles. The Morgan fingerprint density at radius 2 is 1.87 bits per heavy atom. The summed E-state index contributed by atoms with van der Waals surface area (Å²) in [6, 6.07) is 1.21. The maximum Gasteiger partial charge on any atom is 0.435 e. The molecule has 3 saturated heterocycles. The molecule has 0 radical (unpaired) electrons. The van der Waals surface area contributed by atoms with E-state index in [1.54, 1.807) is 4.90 Å². The number of rotatable bonds is 1. The maximum atomic E-state index is 13.4. The van der Waals surface area contributed by atoms with Gasteiger partial charge >= 0.3 is 12.2 Å². The standard InChI is InChI=1S/C19H21F3N6O3/c20-19(21,22)15-1-2-16(29)28(23-15)17-13-11-31-10-5-14(13)27(24-17)18(30)26-9-8-25-6-3-12(26)4-7-25/h1-2,12H,3-11H2. The number of ether oxygens (including phenoxy) is 1. The summed E-state index contributed by atoms with van der Waals surface area (Å²) in [4.78, 5) is 29.9. The van der Waals surface area contributed by atoms with Crippen molar-refractivity contribution in [3.63, 3.8) is 0 Å². The highest BCUT2D eigenvalue weighted by Gasteiger charge is 2.37. The molecule has 9 nitrogen and oxygen atoms in total. The van der Waals surface area contributed by atoms with Gasteiger partial charge in [0.25, 0.3) is 5.56 Å². The van der Waals surface area contributed by atoms with Gasteiger partial charge in [-0.15, -0.1) is 5.10 Å². The quantitative estimate of drug-likeness (QED) is 0.667. The number of hydrogen-bond acceptors (Lipinski definition) is 6. The van der Waals surface area contributed by atoms with Gasteiger partial charge in [0.2, 0.25) is 0 Å². The van der Waals surface area contributed by atoms with Crippen LogP contribution in [0.2, 0.25) is 0 Å². The smallest absolute Gasteiger partial charge is 0.376 e. The number of piperidine rings is 1. The predicted octanol–water partition coefficient (Wildman–Crippen LogP) is 1.27. The summed E-state index contributed by atoms with van der Waals surface area (Å²) in [6.45, 7) is 3.61. The monoisotopic (exact) mass is 438 g/mol. The third-order valence-electron chi connectivity index (χ3n) is 6.17. The molecule has 31 heavy (non-hydrogen) atoms. The molecule has 0 unspecified atom stereocenters. The summed E-state index contributed by atoms with van der Waals surface area (Å²) < 4.78 is 46.8. The number of halogens is 3. The maximum absolute atomic E-state index is 13.4. The van der Waals surface area contributed by atoms with E-state index in [9.17, 15) is 22.8 Å². The second-order valence-electron chi connectivity index (χ2n) is 7.98. The van der Waals surface area contributed by atoms with Crippen molar-refractivity contribution in [3.05, 3.63) is 39.4 Å². The van der Waals surface area contributed by atoms with Crippen molar-refractivity contribution >= 4 is 6.03 Å². The fourth-order valence-electron chi connectivity index (χ4n) is 4.52. The average molecular weight is 438 g/mol. The number of alkyl halides is 3. The van der Waals surface area contributed by atoms with Crippen LogP contribution in [0.15, 0.2) is 16.9 Å². The van der Waals surface area contributed by atoms with E-state index in [2.05, 4.69) is 15.1 Å². The Hall–Kier alpha value is -2.73. The van der Waals surface area contributed by atoms with Crippen LogP contribution in [0.1, 0.15) is 29.8 Å². The van der Waals surface area contributed by atoms with Crippen molar-refractivity contribution in [2.75, 3.05) is 32.8 Å². The Labute approximate surface area is 175 Å². The Balaban J connectivity index is 1.59. The van der Waals surface area contributed by atoms with Crippen LogP contribution in [0.5, 0.6) is 0 Å². The summed E-state index contributed by atoms with van der Waals surface area (Å²) in [5.74, 6) is -0.0954. The Morgan fingerprint density at radius 1 is 1.10 bits per heavy atom. The molecule has 2 aromatic rings. The van der Waals surface area contributed by atoms with E-state index < -0.39 is 17.4 Å². The number of carbonyl (C=O) groups excluding carboxylic acids is 1. The second kappa shape index (κ2) is 7.45. The van der Waals surface area contributed by atoms with Crippen molar-refractivity contribution in [1.29, 1.82) is 0 Å². The van der Waals surface area contributed by atoms with Gasteiger partial charge in [0.15, 0.2) is 11.5 Å². The predicted molar refractivity (Wildman–Crippen MR) is 101 cm³/mol. The van der Waals surface area contributed by atoms with Gasteiger partial charge in [-0.3, -0.25) is 4.79 Å². The largest absolute Gasteiger partial charge is 0.435 e. The zero-order valence-corrected chi connectivity index (χ0v) is 16.6. The SMILES string of the molecule is O=C(N1CCN2CCC1CC2)n1nc(-n2nc(C(F)(F)F)ccc2=O)c2c1CCOC2. The van der Waals surface area contributed by atoms with Crippen molar-refractivity contribution in [3.8, 4) is 5.82 Å². The van der Waals surface area contributed by atoms with Crippen molar-refractivity contribution in [2.45, 2.75) is 38.1 Å². The highest BCUT2D eigenvalue weighted by Crippen LogP contribution is 2.29. The first kappa shape index (κ1) is 20.2. The molecule has 1 amide bonds. The summed E-state index contributed by atoms with van der Waals surface area (Å²) in [6.07, 6.45) is -2.60. The molecule has 6 heterocycles. The lowest BCUT2D eigenvalue weighted by Gasteiger charge is -2.31. The summed E-state index contributed by atoms with van der Waals surface area (Å²) >= 11 is 0. The van der Waals surface area contributed by atoms with Crippen molar-refractivity contribution in [1.82, 2.24) is 29.4 Å². The van der Waals surface area contributed by atoms with Crippen LogP contribution < -0.4 is 5.56 Å². The van der Waals surface area contributed by atoms with E-state index >= 15 is 0 Å². The zero-order chi connectivity index (χ0) is 21.8. The van der Waals surface area contributed by atoms with Gasteiger partial charge < -0.3 is 14.5 Å². The third kappa shape index (κ3) is 3.53. The first-order chi connectivity index (χ1) is 14.8. The average Bonchev–Trinajstić information content (AvgIpc) is 2.88. The van der Waals surface area contributed by atoms with E-state index in [1.165, 1.54) is 4.68 Å². The fraction of sp³-hybridized carbons (Fsp3) is 0.579. The van der Waals surface area contributed by atoms with Gasteiger partial charge in [-0.05, 0) is 18.9 Å². The van der Waals surface area contributed by atoms with Gasteiger partial charge in [0.1, 0.15) is 0 Å². The molecule has 12 heteroatoms. The topological polar surface area (TPSA) is 85.5 Å². The van der Waals surface area contributed by atoms with Gasteiger partial charge in [-0.2, -0.15) is 27.6 Å². The zero-order valence-electron chi connectivity index (χ0n) is 16.6. The molecule has 4 aliphatic heterocycles. The van der Waals surface area contributed by atoms with Crippen LogP contribution in [0, 0.1) is 0 Å². The first-order valence-electron chi connectivity index (χ1n) is 10.2. The van der Waals surface area contributed by atoms with Gasteiger partial charge in [0, 0.05) is 50.3 Å². The summed E-state index contributed by atoms with van der Waals surface area (Å²) in [5.41, 5.74) is -1.01. The number of carbonyl (C=O) groups is 1. The molecule has 0 saturated carbocycles. The lowest BCUT2D eigenvalue weighted by atomic mass is 10.1. The Bertz CT molecular complexity index is 1070. The summed E-state index contributed by atoms with van der Waals surface area (Å²) in [5, 5.41) is 7.78. The lowest BCUT2D eigenvalue weighted by molar-refractivity contribution is -0.142. The van der Waals surface area contributed by atoms with Crippen LogP contribution in [0.3, 0.4) is 0 Å². The van der Waals surface area contributed by atoms with E-state index in [4.69, 9.17) is 4.74 Å². The van der Waals surface area contributed by atoms with Crippen LogP contribution in [0.25, 0.3) is 5.82 Å². The van der Waals surface area contributed by atoms with Crippen molar-refractivity contribution in [2.24, 2.45) is 0 Å². The van der Waals surface area contributed by atoms with E-state index in [0.717, 1.165) is 38.5 Å². The minimum atomic E-state index is -4.72. The molecule has 0 atom stereocenters. The Kier molecular flexibility index (Phi) is 4.85. The van der Waals surface area contributed by atoms with Gasteiger partial charge in [-0.25, -0.2) is 4.79 Å². The highest BCUT2D eigenvalue weighted by molar-refractivity contribution is 5.78. The Morgan fingerprint density at radius 3 is 2.61 bits per heavy atom. The fourth-order valence-corrected chi connectivity index (χ4v) is 4.52. The number of aromatic nitrogens is 4. The van der Waals surface area contributed by atoms with Crippen LogP contribution in [-0.4, -0.2) is 74.2 Å². The molecule has 3 fully saturated rings. The van der Waals surface area contributed by atoms with Gasteiger partial charge in [-0.1, -0.05) is 0 Å². The lowest BCUT2D eigenvalue weighted by Crippen LogP contribution is -2.44. The van der Waals surface area contributed by atoms with E-state index in [1.807, 2.05) is 0 Å². The molecule has 2 bridgehead atoms. The molecular formula is C19H21F3N6O3. The number of amides is 1. The van der Waals surface area contributed by atoms with E-state index in [-0.39, 0.29) is 24.5 Å². The van der Waals surface area contributed by atoms with Crippen LogP contribution >= 0.6 is 0 Å². The molecule has 2 aromatic heterocycles. The normalized spacial score (nSPS) is 23.5.